The van der Waals surface area contributed by atoms with E-state index in [1.54, 1.807) is 6.07 Å². The van der Waals surface area contributed by atoms with Crippen molar-refractivity contribution in [1.82, 2.24) is 9.80 Å². The van der Waals surface area contributed by atoms with Crippen LogP contribution >= 0.6 is 0 Å². The smallest absolute Gasteiger partial charge is 0.255 e. The summed E-state index contributed by atoms with van der Waals surface area (Å²) in [5.41, 5.74) is 4.73. The summed E-state index contributed by atoms with van der Waals surface area (Å²) in [5.74, 6) is -0.0841. The summed E-state index contributed by atoms with van der Waals surface area (Å²) < 4.78 is 14.6. The van der Waals surface area contributed by atoms with Crippen LogP contribution < -0.4 is 5.32 Å². The Balaban J connectivity index is 1.44. The minimum absolute atomic E-state index is 0.138. The summed E-state index contributed by atoms with van der Waals surface area (Å²) in [6.07, 6.45) is 4.35. The maximum absolute atomic E-state index is 14.6. The predicted octanol–water partition coefficient (Wildman–Crippen LogP) is 5.23. The van der Waals surface area contributed by atoms with Crippen LogP contribution in [0.4, 0.5) is 10.1 Å². The van der Waals surface area contributed by atoms with Crippen LogP contribution in [0.25, 0.3) is 0 Å². The second-order valence-corrected chi connectivity index (χ2v) is 10.1. The average Bonchev–Trinajstić information content (AvgIpc) is 3.33. The largest absolute Gasteiger partial charge is 0.337 e. The van der Waals surface area contributed by atoms with Crippen molar-refractivity contribution in [2.45, 2.75) is 66.0 Å². The van der Waals surface area contributed by atoms with E-state index in [0.29, 0.717) is 30.2 Å². The van der Waals surface area contributed by atoms with Gasteiger partial charge in [-0.05, 0) is 75.4 Å². The summed E-state index contributed by atoms with van der Waals surface area (Å²) in [7, 11) is 0. The lowest BCUT2D eigenvalue weighted by Crippen LogP contribution is -2.54. The Morgan fingerprint density at radius 1 is 1.06 bits per heavy atom. The molecule has 2 fully saturated rings. The third-order valence-electron chi connectivity index (χ3n) is 7.46. The third kappa shape index (κ3) is 5.33. The molecule has 2 aromatic carbocycles. The molecule has 1 aliphatic heterocycles. The van der Waals surface area contributed by atoms with E-state index in [0.717, 1.165) is 61.0 Å². The number of nitrogens with zero attached hydrogens (tertiary/aromatic N) is 2. The number of carbonyl (C=O) groups excluding carboxylic acids is 2. The molecule has 1 N–H and O–H groups in total. The zero-order valence-electron chi connectivity index (χ0n) is 20.8. The molecule has 1 aliphatic carbocycles. The first kappa shape index (κ1) is 24.4. The highest BCUT2D eigenvalue weighted by Gasteiger charge is 2.33. The van der Waals surface area contributed by atoms with E-state index in [9.17, 15) is 14.0 Å². The molecule has 34 heavy (non-hydrogen) atoms. The van der Waals surface area contributed by atoms with Crippen LogP contribution in [0.5, 0.6) is 0 Å². The molecule has 6 heteroatoms. The first-order valence-corrected chi connectivity index (χ1v) is 12.4. The first-order valence-electron chi connectivity index (χ1n) is 12.4. The maximum atomic E-state index is 14.6. The molecule has 1 saturated heterocycles. The number of piperazine rings is 1. The van der Waals surface area contributed by atoms with Gasteiger partial charge >= 0.3 is 0 Å². The van der Waals surface area contributed by atoms with Crippen molar-refractivity contribution in [2.24, 2.45) is 5.92 Å². The van der Waals surface area contributed by atoms with Crippen molar-refractivity contribution in [1.29, 1.82) is 0 Å². The van der Waals surface area contributed by atoms with E-state index < -0.39 is 0 Å². The van der Waals surface area contributed by atoms with Gasteiger partial charge in [-0.2, -0.15) is 0 Å². The zero-order chi connectivity index (χ0) is 24.4. The van der Waals surface area contributed by atoms with Crippen molar-refractivity contribution in [3.05, 3.63) is 64.0 Å². The Morgan fingerprint density at radius 3 is 2.50 bits per heavy atom. The van der Waals surface area contributed by atoms with Crippen LogP contribution in [-0.4, -0.2) is 47.3 Å². The van der Waals surface area contributed by atoms with Gasteiger partial charge < -0.3 is 10.2 Å². The number of aryl methyl sites for hydroxylation is 2. The lowest BCUT2D eigenvalue weighted by Gasteiger charge is -2.41. The standard InChI is InChI=1S/C28H36FN3O2/c1-18-9-10-19(2)25(13-18)27(33)30-26-15-24(29)14-23(21(26)4)17-31-11-12-32(20(3)16-31)28(34)22-7-5-6-8-22/h9-10,13-15,20,22H,5-8,11-12,16-17H2,1-4H3,(H,30,33)/t20-/m0/s1. The maximum Gasteiger partial charge on any atom is 0.255 e. The predicted molar refractivity (Wildman–Crippen MR) is 133 cm³/mol. The molecule has 4 rings (SSSR count). The summed E-state index contributed by atoms with van der Waals surface area (Å²) in [5, 5.41) is 2.92. The van der Waals surface area contributed by atoms with Gasteiger partial charge in [0.1, 0.15) is 5.82 Å². The molecule has 2 amide bonds. The molecule has 0 spiro atoms. The SMILES string of the molecule is Cc1ccc(C)c(C(=O)Nc2cc(F)cc(CN3CCN(C(=O)C4CCCC4)[C@@H](C)C3)c2C)c1. The fraction of sp³-hybridized carbons (Fsp3) is 0.500. The van der Waals surface area contributed by atoms with Gasteiger partial charge in [0.15, 0.2) is 0 Å². The highest BCUT2D eigenvalue weighted by molar-refractivity contribution is 6.05. The quantitative estimate of drug-likeness (QED) is 0.658. The number of anilines is 1. The molecule has 0 radical (unpaired) electrons. The average molecular weight is 466 g/mol. The van der Waals surface area contributed by atoms with E-state index in [2.05, 4.69) is 17.1 Å². The molecule has 1 atom stereocenters. The highest BCUT2D eigenvalue weighted by Crippen LogP contribution is 2.29. The number of carbonyl (C=O) groups is 2. The molecule has 0 aromatic heterocycles. The van der Waals surface area contributed by atoms with E-state index >= 15 is 0 Å². The number of hydrogen-bond acceptors (Lipinski definition) is 3. The van der Waals surface area contributed by atoms with Crippen molar-refractivity contribution in [3.63, 3.8) is 0 Å². The van der Waals surface area contributed by atoms with Crippen LogP contribution in [0, 0.1) is 32.5 Å². The van der Waals surface area contributed by atoms with Crippen LogP contribution in [0.1, 0.15) is 65.2 Å². The van der Waals surface area contributed by atoms with Crippen LogP contribution in [0.2, 0.25) is 0 Å². The lowest BCUT2D eigenvalue weighted by atomic mass is 10.0. The second kappa shape index (κ2) is 10.3. The van der Waals surface area contributed by atoms with Crippen LogP contribution in [0.3, 0.4) is 0 Å². The normalized spacial score (nSPS) is 19.4. The number of amides is 2. The molecule has 0 bridgehead atoms. The Bertz CT molecular complexity index is 1080. The van der Waals surface area contributed by atoms with Crippen molar-refractivity contribution >= 4 is 17.5 Å². The van der Waals surface area contributed by atoms with Crippen molar-refractivity contribution < 1.29 is 14.0 Å². The third-order valence-corrected chi connectivity index (χ3v) is 7.46. The molecule has 1 heterocycles. The Morgan fingerprint density at radius 2 is 1.79 bits per heavy atom. The van der Waals surface area contributed by atoms with Gasteiger partial charge in [0.05, 0.1) is 0 Å². The minimum atomic E-state index is -0.361. The topological polar surface area (TPSA) is 52.7 Å². The molecule has 1 saturated carbocycles. The van der Waals surface area contributed by atoms with E-state index in [1.165, 1.54) is 6.07 Å². The minimum Gasteiger partial charge on any atom is -0.337 e. The summed E-state index contributed by atoms with van der Waals surface area (Å²) in [6, 6.07) is 8.84. The number of benzene rings is 2. The van der Waals surface area contributed by atoms with Gasteiger partial charge in [0.25, 0.3) is 5.91 Å². The molecule has 5 nitrogen and oxygen atoms in total. The van der Waals surface area contributed by atoms with Gasteiger partial charge in [0, 0.05) is 49.4 Å². The fourth-order valence-corrected chi connectivity index (χ4v) is 5.35. The second-order valence-electron chi connectivity index (χ2n) is 10.1. The number of halogens is 1. The van der Waals surface area contributed by atoms with Gasteiger partial charge in [-0.1, -0.05) is 30.5 Å². The summed E-state index contributed by atoms with van der Waals surface area (Å²) in [6.45, 7) is 10.7. The zero-order valence-corrected chi connectivity index (χ0v) is 20.8. The first-order chi connectivity index (χ1) is 16.2. The monoisotopic (exact) mass is 465 g/mol. The van der Waals surface area contributed by atoms with E-state index in [-0.39, 0.29) is 23.7 Å². The molecule has 182 valence electrons. The number of nitrogens with one attached hydrogen (secondary N) is 1. The van der Waals surface area contributed by atoms with Crippen molar-refractivity contribution in [2.75, 3.05) is 25.0 Å². The summed E-state index contributed by atoms with van der Waals surface area (Å²) >= 11 is 0. The van der Waals surface area contributed by atoms with Gasteiger partial charge in [-0.25, -0.2) is 4.39 Å². The summed E-state index contributed by atoms with van der Waals surface area (Å²) in [4.78, 5) is 30.1. The van der Waals surface area contributed by atoms with Crippen LogP contribution in [-0.2, 0) is 11.3 Å². The lowest BCUT2D eigenvalue weighted by molar-refractivity contribution is -0.140. The molecule has 2 aliphatic rings. The highest BCUT2D eigenvalue weighted by atomic mass is 19.1. The fourth-order valence-electron chi connectivity index (χ4n) is 5.35. The van der Waals surface area contributed by atoms with Gasteiger partial charge in [-0.15, -0.1) is 0 Å². The van der Waals surface area contributed by atoms with Crippen molar-refractivity contribution in [3.8, 4) is 0 Å². The van der Waals surface area contributed by atoms with E-state index in [4.69, 9.17) is 0 Å². The van der Waals surface area contributed by atoms with Gasteiger partial charge in [0.2, 0.25) is 5.91 Å². The van der Waals surface area contributed by atoms with Crippen LogP contribution in [0.15, 0.2) is 30.3 Å². The Kier molecular flexibility index (Phi) is 7.36. The number of rotatable bonds is 5. The molecule has 0 unspecified atom stereocenters. The Hall–Kier alpha value is -2.73. The van der Waals surface area contributed by atoms with E-state index in [1.807, 2.05) is 43.9 Å². The number of hydrogen-bond donors (Lipinski definition) is 1. The molecular weight excluding hydrogens is 429 g/mol. The van der Waals surface area contributed by atoms with Gasteiger partial charge in [-0.3, -0.25) is 14.5 Å². The Labute approximate surface area is 202 Å². The molecular formula is C28H36FN3O2. The molecule has 2 aromatic rings.